The minimum atomic E-state index is -0.975. The number of ether oxygens (including phenoxy) is 2. The van der Waals surface area contributed by atoms with Crippen LogP contribution in [0.2, 0.25) is 0 Å². The van der Waals surface area contributed by atoms with Crippen molar-refractivity contribution in [1.82, 2.24) is 0 Å². The predicted octanol–water partition coefficient (Wildman–Crippen LogP) is 5.32. The lowest BCUT2D eigenvalue weighted by Crippen LogP contribution is -2.30. The van der Waals surface area contributed by atoms with Crippen molar-refractivity contribution in [2.24, 2.45) is 0 Å². The van der Waals surface area contributed by atoms with Gasteiger partial charge in [0.15, 0.2) is 6.10 Å². The lowest BCUT2D eigenvalue weighted by atomic mass is 9.96. The summed E-state index contributed by atoms with van der Waals surface area (Å²) in [6.45, 7) is 1.56. The molecule has 172 valence electrons. The van der Waals surface area contributed by atoms with E-state index in [1.54, 1.807) is 6.92 Å². The first-order valence-corrected chi connectivity index (χ1v) is 13.0. The zero-order valence-electron chi connectivity index (χ0n) is 18.6. The first-order valence-electron chi connectivity index (χ1n) is 11.3. The van der Waals surface area contributed by atoms with Gasteiger partial charge in [0.05, 0.1) is 12.7 Å². The third-order valence-corrected chi connectivity index (χ3v) is 8.57. The van der Waals surface area contributed by atoms with Crippen LogP contribution in [0.25, 0.3) is 0 Å². The predicted molar refractivity (Wildman–Crippen MR) is 126 cm³/mol. The Hall–Kier alpha value is -2.19. The van der Waals surface area contributed by atoms with Crippen molar-refractivity contribution in [1.29, 1.82) is 0 Å². The molecule has 2 aliphatic rings. The third-order valence-electron chi connectivity index (χ3n) is 6.15. The number of hydrogen-bond donors (Lipinski definition) is 1. The molecule has 1 N–H and O–H groups in total. The second-order valence-corrected chi connectivity index (χ2v) is 10.7. The van der Waals surface area contributed by atoms with Crippen LogP contribution in [-0.2, 0) is 40.0 Å². The SMILES string of the molecule is COC(=O)c1c(NC(=O)C(C)OC(=O)c2cc3c(s2)CCCC3)sc2c1CCCCCC2. The van der Waals surface area contributed by atoms with Crippen LogP contribution >= 0.6 is 22.7 Å². The van der Waals surface area contributed by atoms with E-state index in [1.807, 2.05) is 6.07 Å². The number of amides is 1. The molecule has 2 aromatic rings. The van der Waals surface area contributed by atoms with Gasteiger partial charge in [-0.25, -0.2) is 9.59 Å². The zero-order chi connectivity index (χ0) is 22.7. The topological polar surface area (TPSA) is 81.7 Å². The van der Waals surface area contributed by atoms with Gasteiger partial charge in [-0.3, -0.25) is 4.79 Å². The van der Waals surface area contributed by atoms with Gasteiger partial charge in [-0.1, -0.05) is 12.8 Å². The highest BCUT2D eigenvalue weighted by Crippen LogP contribution is 2.38. The molecule has 2 aromatic heterocycles. The molecule has 1 amide bonds. The van der Waals surface area contributed by atoms with E-state index in [1.165, 1.54) is 46.6 Å². The van der Waals surface area contributed by atoms with Crippen molar-refractivity contribution in [3.63, 3.8) is 0 Å². The molecule has 0 aromatic carbocycles. The fourth-order valence-electron chi connectivity index (χ4n) is 4.40. The number of methoxy groups -OCH3 is 1. The first kappa shape index (κ1) is 23.0. The highest BCUT2D eigenvalue weighted by atomic mass is 32.1. The molecule has 0 fully saturated rings. The van der Waals surface area contributed by atoms with E-state index < -0.39 is 23.9 Å². The maximum atomic E-state index is 12.9. The summed E-state index contributed by atoms with van der Waals surface area (Å²) in [5, 5.41) is 3.32. The standard InChI is InChI=1S/C24H29NO5S2/c1-14(30-23(27)19-13-15-9-7-8-11-17(15)31-19)21(26)25-22-20(24(28)29-2)16-10-5-3-4-6-12-18(16)32-22/h13-14H,3-12H2,1-2H3,(H,25,26). The number of hydrogen-bond acceptors (Lipinski definition) is 7. The third kappa shape index (κ3) is 4.91. The minimum Gasteiger partial charge on any atom is -0.465 e. The molecule has 0 saturated heterocycles. The summed E-state index contributed by atoms with van der Waals surface area (Å²) in [7, 11) is 1.35. The second-order valence-electron chi connectivity index (χ2n) is 8.42. The molecule has 0 aliphatic heterocycles. The maximum absolute atomic E-state index is 12.9. The van der Waals surface area contributed by atoms with Gasteiger partial charge >= 0.3 is 11.9 Å². The van der Waals surface area contributed by atoms with E-state index in [9.17, 15) is 14.4 Å². The molecule has 1 unspecified atom stereocenters. The molecule has 0 bridgehead atoms. The van der Waals surface area contributed by atoms with Gasteiger partial charge in [0, 0.05) is 9.75 Å². The van der Waals surface area contributed by atoms with Crippen molar-refractivity contribution >= 4 is 45.5 Å². The number of nitrogens with one attached hydrogen (secondary N) is 1. The average molecular weight is 476 g/mol. The highest BCUT2D eigenvalue weighted by molar-refractivity contribution is 7.17. The van der Waals surface area contributed by atoms with Gasteiger partial charge in [0.1, 0.15) is 9.88 Å². The molecule has 2 aliphatic carbocycles. The van der Waals surface area contributed by atoms with Gasteiger partial charge in [-0.05, 0) is 75.5 Å². The quantitative estimate of drug-likeness (QED) is 0.592. The van der Waals surface area contributed by atoms with Gasteiger partial charge in [-0.2, -0.15) is 0 Å². The monoisotopic (exact) mass is 475 g/mol. The Kier molecular flexibility index (Phi) is 7.30. The molecule has 0 saturated carbocycles. The average Bonchev–Trinajstić information content (AvgIpc) is 3.34. The number of rotatable bonds is 5. The Morgan fingerprint density at radius 3 is 2.34 bits per heavy atom. The Morgan fingerprint density at radius 2 is 1.59 bits per heavy atom. The Labute approximate surface area is 196 Å². The maximum Gasteiger partial charge on any atom is 0.349 e. The first-order chi connectivity index (χ1) is 15.5. The molecule has 8 heteroatoms. The molecule has 1 atom stereocenters. The van der Waals surface area contributed by atoms with Crippen molar-refractivity contribution in [2.75, 3.05) is 12.4 Å². The van der Waals surface area contributed by atoms with Crippen molar-refractivity contribution in [3.8, 4) is 0 Å². The van der Waals surface area contributed by atoms with E-state index in [0.29, 0.717) is 15.4 Å². The van der Waals surface area contributed by atoms with E-state index in [2.05, 4.69) is 5.32 Å². The van der Waals surface area contributed by atoms with Crippen LogP contribution in [0.5, 0.6) is 0 Å². The molecular formula is C24H29NO5S2. The minimum absolute atomic E-state index is 0.438. The summed E-state index contributed by atoms with van der Waals surface area (Å²) in [4.78, 5) is 40.9. The Balaban J connectivity index is 1.47. The summed E-state index contributed by atoms with van der Waals surface area (Å²) in [6.07, 6.45) is 9.41. The number of aryl methyl sites for hydroxylation is 3. The highest BCUT2D eigenvalue weighted by Gasteiger charge is 2.28. The molecule has 4 rings (SSSR count). The zero-order valence-corrected chi connectivity index (χ0v) is 20.2. The van der Waals surface area contributed by atoms with E-state index >= 15 is 0 Å². The van der Waals surface area contributed by atoms with Gasteiger partial charge < -0.3 is 14.8 Å². The van der Waals surface area contributed by atoms with E-state index in [-0.39, 0.29) is 0 Å². The summed E-state index contributed by atoms with van der Waals surface area (Å²) in [5.74, 6) is -1.36. The summed E-state index contributed by atoms with van der Waals surface area (Å²) >= 11 is 2.90. The number of carbonyl (C=O) groups excluding carboxylic acids is 3. The Bertz CT molecular complexity index is 998. The van der Waals surface area contributed by atoms with Crippen LogP contribution in [-0.4, -0.2) is 31.1 Å². The molecular weight excluding hydrogens is 446 g/mol. The number of fused-ring (bicyclic) bond motifs is 2. The van der Waals surface area contributed by atoms with E-state index in [4.69, 9.17) is 9.47 Å². The second kappa shape index (κ2) is 10.2. The van der Waals surface area contributed by atoms with Crippen molar-refractivity contribution in [3.05, 3.63) is 37.4 Å². The number of thiophene rings is 2. The van der Waals surface area contributed by atoms with Crippen LogP contribution in [0.15, 0.2) is 6.07 Å². The van der Waals surface area contributed by atoms with Gasteiger partial charge in [0.25, 0.3) is 5.91 Å². The summed E-state index contributed by atoms with van der Waals surface area (Å²) in [6, 6.07) is 1.90. The number of carbonyl (C=O) groups is 3. The smallest absolute Gasteiger partial charge is 0.349 e. The van der Waals surface area contributed by atoms with Crippen molar-refractivity contribution < 1.29 is 23.9 Å². The normalized spacial score (nSPS) is 16.7. The molecule has 32 heavy (non-hydrogen) atoms. The number of anilines is 1. The molecule has 6 nitrogen and oxygen atoms in total. The summed E-state index contributed by atoms with van der Waals surface area (Å²) in [5.41, 5.74) is 2.67. The van der Waals surface area contributed by atoms with Gasteiger partial charge in [0.2, 0.25) is 0 Å². The lowest BCUT2D eigenvalue weighted by molar-refractivity contribution is -0.123. The molecule has 2 heterocycles. The van der Waals surface area contributed by atoms with Crippen LogP contribution in [0.3, 0.4) is 0 Å². The number of esters is 2. The fraction of sp³-hybridized carbons (Fsp3) is 0.542. The van der Waals surface area contributed by atoms with E-state index in [0.717, 1.165) is 68.2 Å². The molecule has 0 radical (unpaired) electrons. The largest absolute Gasteiger partial charge is 0.465 e. The van der Waals surface area contributed by atoms with Crippen LogP contribution in [0, 0.1) is 0 Å². The fourth-order valence-corrected chi connectivity index (χ4v) is 6.82. The summed E-state index contributed by atoms with van der Waals surface area (Å²) < 4.78 is 10.5. The van der Waals surface area contributed by atoms with Crippen LogP contribution < -0.4 is 5.32 Å². The van der Waals surface area contributed by atoms with Gasteiger partial charge in [-0.15, -0.1) is 22.7 Å². The van der Waals surface area contributed by atoms with Crippen LogP contribution in [0.4, 0.5) is 5.00 Å². The Morgan fingerprint density at radius 1 is 0.906 bits per heavy atom. The van der Waals surface area contributed by atoms with Crippen molar-refractivity contribution in [2.45, 2.75) is 77.2 Å². The van der Waals surface area contributed by atoms with Crippen LogP contribution in [0.1, 0.15) is 86.4 Å². The lowest BCUT2D eigenvalue weighted by Gasteiger charge is -2.13. The molecule has 0 spiro atoms.